The number of rotatable bonds is 3. The van der Waals surface area contributed by atoms with Gasteiger partial charge in [0.15, 0.2) is 0 Å². The van der Waals surface area contributed by atoms with Crippen LogP contribution in [0.4, 0.5) is 0 Å². The second kappa shape index (κ2) is 6.41. The van der Waals surface area contributed by atoms with E-state index in [2.05, 4.69) is 32.0 Å². The maximum atomic E-state index is 11.5. The Hall–Kier alpha value is -1.35. The molecule has 0 aromatic heterocycles. The van der Waals surface area contributed by atoms with Crippen molar-refractivity contribution in [1.29, 1.82) is 0 Å². The summed E-state index contributed by atoms with van der Waals surface area (Å²) in [5.41, 5.74) is 4.30. The average Bonchev–Trinajstić information content (AvgIpc) is 2.45. The van der Waals surface area contributed by atoms with Crippen molar-refractivity contribution in [3.05, 3.63) is 34.9 Å². The Balaban J connectivity index is 1.68. The van der Waals surface area contributed by atoms with E-state index in [1.807, 2.05) is 0 Å². The Kier molecular flexibility index (Phi) is 4.53. The first-order valence-corrected chi connectivity index (χ1v) is 8.50. The molecule has 4 atom stereocenters. The molecule has 3 nitrogen and oxygen atoms in total. The summed E-state index contributed by atoms with van der Waals surface area (Å²) in [6, 6.07) is 6.81. The van der Waals surface area contributed by atoms with Gasteiger partial charge in [-0.15, -0.1) is 0 Å². The van der Waals surface area contributed by atoms with Gasteiger partial charge in [0, 0.05) is 6.42 Å². The van der Waals surface area contributed by atoms with Crippen LogP contribution in [0, 0.1) is 12.8 Å². The van der Waals surface area contributed by atoms with Crippen LogP contribution in [0.15, 0.2) is 18.2 Å². The normalized spacial score (nSPS) is 31.5. The number of aliphatic hydroxyl groups is 1. The summed E-state index contributed by atoms with van der Waals surface area (Å²) < 4.78 is 5.39. The molecule has 0 spiro atoms. The van der Waals surface area contributed by atoms with Crippen molar-refractivity contribution in [2.24, 2.45) is 5.92 Å². The maximum Gasteiger partial charge on any atom is 0.308 e. The number of aryl methyl sites for hydroxylation is 2. The molecule has 1 aliphatic carbocycles. The minimum Gasteiger partial charge on any atom is -0.462 e. The Morgan fingerprint density at radius 3 is 2.91 bits per heavy atom. The Labute approximate surface area is 132 Å². The predicted octanol–water partition coefficient (Wildman–Crippen LogP) is 3.51. The summed E-state index contributed by atoms with van der Waals surface area (Å²) in [7, 11) is 0. The third-order valence-corrected chi connectivity index (χ3v) is 5.29. The third-order valence-electron chi connectivity index (χ3n) is 5.29. The lowest BCUT2D eigenvalue weighted by Crippen LogP contribution is -2.33. The highest BCUT2D eigenvalue weighted by Crippen LogP contribution is 2.40. The number of hydrogen-bond donors (Lipinski definition) is 1. The van der Waals surface area contributed by atoms with Gasteiger partial charge >= 0.3 is 5.97 Å². The Bertz CT molecular complexity index is 552. The van der Waals surface area contributed by atoms with Gasteiger partial charge in [0.2, 0.25) is 0 Å². The number of aliphatic hydroxyl groups excluding tert-OH is 1. The molecule has 1 aromatic carbocycles. The SMILES string of the molecule is Cc1ccc2c(c1)CC[C@H](C)[C@@H]2CC[C@@H]1C[C@@H](O)CC(=O)O1. The minimum atomic E-state index is -0.523. The number of carbonyl (C=O) groups excluding carboxylic acids is 1. The van der Waals surface area contributed by atoms with Gasteiger partial charge < -0.3 is 9.84 Å². The quantitative estimate of drug-likeness (QED) is 0.869. The molecular formula is C19H26O3. The van der Waals surface area contributed by atoms with Gasteiger partial charge in [-0.25, -0.2) is 0 Å². The van der Waals surface area contributed by atoms with Crippen LogP contribution in [0.1, 0.15) is 61.6 Å². The number of hydrogen-bond acceptors (Lipinski definition) is 3. The first-order chi connectivity index (χ1) is 10.5. The molecule has 1 N–H and O–H groups in total. The summed E-state index contributed by atoms with van der Waals surface area (Å²) in [6.45, 7) is 4.48. The smallest absolute Gasteiger partial charge is 0.308 e. The van der Waals surface area contributed by atoms with Crippen LogP contribution in [-0.4, -0.2) is 23.3 Å². The largest absolute Gasteiger partial charge is 0.462 e. The van der Waals surface area contributed by atoms with E-state index in [1.165, 1.54) is 29.5 Å². The molecule has 1 aromatic rings. The van der Waals surface area contributed by atoms with Gasteiger partial charge in [-0.2, -0.15) is 0 Å². The van der Waals surface area contributed by atoms with Crippen LogP contribution < -0.4 is 0 Å². The molecule has 120 valence electrons. The van der Waals surface area contributed by atoms with Crippen LogP contribution in [0.5, 0.6) is 0 Å². The molecule has 22 heavy (non-hydrogen) atoms. The number of ether oxygens (including phenoxy) is 1. The maximum absolute atomic E-state index is 11.5. The summed E-state index contributed by atoms with van der Waals surface area (Å²) in [5, 5.41) is 9.73. The van der Waals surface area contributed by atoms with Crippen molar-refractivity contribution < 1.29 is 14.6 Å². The molecule has 0 amide bonds. The van der Waals surface area contributed by atoms with Crippen molar-refractivity contribution in [2.45, 2.75) is 70.5 Å². The predicted molar refractivity (Wildman–Crippen MR) is 85.8 cm³/mol. The first-order valence-electron chi connectivity index (χ1n) is 8.50. The molecule has 1 fully saturated rings. The van der Waals surface area contributed by atoms with Crippen molar-refractivity contribution in [3.8, 4) is 0 Å². The molecule has 3 rings (SSSR count). The lowest BCUT2D eigenvalue weighted by atomic mass is 9.73. The average molecular weight is 302 g/mol. The van der Waals surface area contributed by atoms with Gasteiger partial charge in [0.25, 0.3) is 0 Å². The molecule has 1 heterocycles. The molecule has 0 radical (unpaired) electrons. The fraction of sp³-hybridized carbons (Fsp3) is 0.632. The summed E-state index contributed by atoms with van der Waals surface area (Å²) in [5.74, 6) is 0.956. The zero-order chi connectivity index (χ0) is 15.7. The molecule has 1 saturated heterocycles. The number of benzene rings is 1. The molecule has 0 unspecified atom stereocenters. The van der Waals surface area contributed by atoms with E-state index in [0.717, 1.165) is 12.8 Å². The number of cyclic esters (lactones) is 1. The number of carbonyl (C=O) groups is 1. The minimum absolute atomic E-state index is 0.112. The van der Waals surface area contributed by atoms with Gasteiger partial charge in [-0.1, -0.05) is 30.7 Å². The van der Waals surface area contributed by atoms with Crippen LogP contribution >= 0.6 is 0 Å². The zero-order valence-corrected chi connectivity index (χ0v) is 13.5. The lowest BCUT2D eigenvalue weighted by Gasteiger charge is -2.33. The number of fused-ring (bicyclic) bond motifs is 1. The van der Waals surface area contributed by atoms with E-state index in [4.69, 9.17) is 4.74 Å². The van der Waals surface area contributed by atoms with E-state index in [9.17, 15) is 9.90 Å². The van der Waals surface area contributed by atoms with Gasteiger partial charge in [-0.3, -0.25) is 4.79 Å². The topological polar surface area (TPSA) is 46.5 Å². The van der Waals surface area contributed by atoms with Crippen molar-refractivity contribution in [2.75, 3.05) is 0 Å². The van der Waals surface area contributed by atoms with Gasteiger partial charge in [-0.05, 0) is 55.6 Å². The molecule has 0 bridgehead atoms. The van der Waals surface area contributed by atoms with E-state index >= 15 is 0 Å². The monoisotopic (exact) mass is 302 g/mol. The second-order valence-electron chi connectivity index (χ2n) is 7.11. The Morgan fingerprint density at radius 1 is 1.32 bits per heavy atom. The van der Waals surface area contributed by atoms with E-state index in [-0.39, 0.29) is 18.5 Å². The molecule has 2 aliphatic rings. The second-order valence-corrected chi connectivity index (χ2v) is 7.11. The summed E-state index contributed by atoms with van der Waals surface area (Å²) in [4.78, 5) is 11.5. The van der Waals surface area contributed by atoms with Crippen LogP contribution in [-0.2, 0) is 16.0 Å². The first kappa shape index (κ1) is 15.5. The molecule has 1 aliphatic heterocycles. The molecule has 3 heteroatoms. The molecule has 0 saturated carbocycles. The van der Waals surface area contributed by atoms with Crippen LogP contribution in [0.3, 0.4) is 0 Å². The summed E-state index contributed by atoms with van der Waals surface area (Å²) >= 11 is 0. The highest BCUT2D eigenvalue weighted by atomic mass is 16.5. The fourth-order valence-corrected chi connectivity index (χ4v) is 4.05. The van der Waals surface area contributed by atoms with Crippen molar-refractivity contribution >= 4 is 5.97 Å². The van der Waals surface area contributed by atoms with Crippen molar-refractivity contribution in [1.82, 2.24) is 0 Å². The standard InChI is InChI=1S/C19H26O3/c1-12-3-7-18-14(9-12)5-4-13(2)17(18)8-6-16-10-15(20)11-19(21)22-16/h3,7,9,13,15-17,20H,4-6,8,10-11H2,1-2H3/t13-,15+,16+,17-/m0/s1. The van der Waals surface area contributed by atoms with Crippen LogP contribution in [0.2, 0.25) is 0 Å². The highest BCUT2D eigenvalue weighted by molar-refractivity contribution is 5.70. The third kappa shape index (κ3) is 3.35. The lowest BCUT2D eigenvalue weighted by molar-refractivity contribution is -0.160. The fourth-order valence-electron chi connectivity index (χ4n) is 4.05. The van der Waals surface area contributed by atoms with E-state index < -0.39 is 6.10 Å². The van der Waals surface area contributed by atoms with Crippen LogP contribution in [0.25, 0.3) is 0 Å². The Morgan fingerprint density at radius 2 is 2.14 bits per heavy atom. The van der Waals surface area contributed by atoms with Crippen molar-refractivity contribution in [3.63, 3.8) is 0 Å². The van der Waals surface area contributed by atoms with Gasteiger partial charge in [0.05, 0.1) is 12.5 Å². The zero-order valence-electron chi connectivity index (χ0n) is 13.5. The van der Waals surface area contributed by atoms with E-state index in [0.29, 0.717) is 18.3 Å². The van der Waals surface area contributed by atoms with Gasteiger partial charge in [0.1, 0.15) is 6.10 Å². The number of esters is 1. The van der Waals surface area contributed by atoms with E-state index in [1.54, 1.807) is 0 Å². The molecular weight excluding hydrogens is 276 g/mol. The highest BCUT2D eigenvalue weighted by Gasteiger charge is 2.30. The summed E-state index contributed by atoms with van der Waals surface area (Å²) in [6.07, 6.45) is 4.39.